The molecule has 0 aromatic heterocycles. The summed E-state index contributed by atoms with van der Waals surface area (Å²) in [5.41, 5.74) is 6.47. The molecule has 1 aromatic rings. The number of hydrogen-bond acceptors (Lipinski definition) is 5. The second kappa shape index (κ2) is 6.36. The zero-order valence-electron chi connectivity index (χ0n) is 13.6. The van der Waals surface area contributed by atoms with Gasteiger partial charge in [0, 0.05) is 6.42 Å². The first-order valence-corrected chi connectivity index (χ1v) is 6.97. The van der Waals surface area contributed by atoms with Crippen molar-refractivity contribution in [3.05, 3.63) is 28.3 Å². The number of ether oxygens (including phenoxy) is 1. The zero-order valence-corrected chi connectivity index (χ0v) is 13.6. The molecule has 1 aromatic carbocycles. The van der Waals surface area contributed by atoms with Crippen LogP contribution >= 0.6 is 0 Å². The van der Waals surface area contributed by atoms with Gasteiger partial charge in [0.15, 0.2) is 0 Å². The van der Waals surface area contributed by atoms with Crippen molar-refractivity contribution in [2.75, 3.05) is 0 Å². The molecule has 0 saturated heterocycles. The predicted molar refractivity (Wildman–Crippen MR) is 82.1 cm³/mol. The number of carboxylic acid groups (broad SMARTS) is 1. The lowest BCUT2D eigenvalue weighted by molar-refractivity contribution is -0.138. The molecule has 4 N–H and O–H groups in total. The summed E-state index contributed by atoms with van der Waals surface area (Å²) in [4.78, 5) is 23.2. The molecule has 6 nitrogen and oxygen atoms in total. The van der Waals surface area contributed by atoms with Gasteiger partial charge in [-0.25, -0.2) is 4.79 Å². The quantitative estimate of drug-likeness (QED) is 0.733. The van der Waals surface area contributed by atoms with E-state index in [2.05, 4.69) is 0 Å². The van der Waals surface area contributed by atoms with Crippen molar-refractivity contribution in [2.45, 2.75) is 52.7 Å². The van der Waals surface area contributed by atoms with Crippen molar-refractivity contribution in [2.24, 2.45) is 5.73 Å². The predicted octanol–water partition coefficient (Wildman–Crippen LogP) is 1.92. The topological polar surface area (TPSA) is 110 Å². The highest BCUT2D eigenvalue weighted by molar-refractivity contribution is 5.95. The van der Waals surface area contributed by atoms with E-state index in [9.17, 15) is 14.7 Å². The van der Waals surface area contributed by atoms with Gasteiger partial charge in [-0.2, -0.15) is 0 Å². The van der Waals surface area contributed by atoms with E-state index in [0.29, 0.717) is 16.7 Å². The van der Waals surface area contributed by atoms with Crippen LogP contribution in [0.2, 0.25) is 0 Å². The fraction of sp³-hybridized carbons (Fsp3) is 0.500. The Bertz CT molecular complexity index is 602. The van der Waals surface area contributed by atoms with E-state index in [1.165, 1.54) is 0 Å². The molecule has 0 amide bonds. The number of phenols is 1. The number of phenolic OH excluding ortho intramolecular Hbond substituents is 1. The molecule has 0 saturated carbocycles. The van der Waals surface area contributed by atoms with Crippen molar-refractivity contribution in [1.29, 1.82) is 0 Å². The number of nitrogens with two attached hydrogens (primary N) is 1. The van der Waals surface area contributed by atoms with Crippen LogP contribution in [-0.2, 0) is 16.0 Å². The highest BCUT2D eigenvalue weighted by Gasteiger charge is 2.26. The highest BCUT2D eigenvalue weighted by Crippen LogP contribution is 2.31. The van der Waals surface area contributed by atoms with Crippen LogP contribution in [0.3, 0.4) is 0 Å². The molecular formula is C16H23NO5. The minimum absolute atomic E-state index is 0.0492. The molecule has 0 radical (unpaired) electrons. The first-order valence-electron chi connectivity index (χ1n) is 6.97. The van der Waals surface area contributed by atoms with Crippen molar-refractivity contribution in [1.82, 2.24) is 0 Å². The van der Waals surface area contributed by atoms with Gasteiger partial charge >= 0.3 is 11.9 Å². The number of benzene rings is 1. The maximum Gasteiger partial charge on any atom is 0.342 e. The molecular weight excluding hydrogens is 286 g/mol. The Labute approximate surface area is 129 Å². The van der Waals surface area contributed by atoms with E-state index in [0.717, 1.165) is 0 Å². The molecule has 0 heterocycles. The standard InChI is InChI=1S/C16H23NO5/c1-8-6-9(2)12(15(21)22-16(3,4)5)13(18)10(8)7-11(17)14(19)20/h6,11,18H,7,17H2,1-5H3,(H,19,20). The van der Waals surface area contributed by atoms with Gasteiger partial charge in [0.25, 0.3) is 0 Å². The summed E-state index contributed by atoms with van der Waals surface area (Å²) in [5, 5.41) is 19.3. The zero-order chi connectivity index (χ0) is 17.2. The van der Waals surface area contributed by atoms with Crippen LogP contribution in [0, 0.1) is 13.8 Å². The van der Waals surface area contributed by atoms with Crippen molar-refractivity contribution in [3.8, 4) is 5.75 Å². The first kappa shape index (κ1) is 18.0. The van der Waals surface area contributed by atoms with Crippen LogP contribution in [0.5, 0.6) is 5.75 Å². The fourth-order valence-corrected chi connectivity index (χ4v) is 2.16. The Morgan fingerprint density at radius 3 is 2.27 bits per heavy atom. The van der Waals surface area contributed by atoms with E-state index in [1.807, 2.05) is 0 Å². The number of esters is 1. The number of carbonyl (C=O) groups excluding carboxylic acids is 1. The molecule has 6 heteroatoms. The molecule has 1 rings (SSSR count). The molecule has 122 valence electrons. The van der Waals surface area contributed by atoms with Crippen LogP contribution in [0.4, 0.5) is 0 Å². The largest absolute Gasteiger partial charge is 0.507 e. The number of aliphatic carboxylic acids is 1. The van der Waals surface area contributed by atoms with Crippen molar-refractivity contribution < 1.29 is 24.5 Å². The van der Waals surface area contributed by atoms with Crippen LogP contribution in [0.1, 0.15) is 47.8 Å². The molecule has 0 aliphatic carbocycles. The van der Waals surface area contributed by atoms with E-state index < -0.39 is 23.6 Å². The molecule has 0 aliphatic heterocycles. The van der Waals surface area contributed by atoms with E-state index in [4.69, 9.17) is 15.6 Å². The Morgan fingerprint density at radius 2 is 1.82 bits per heavy atom. The van der Waals surface area contributed by atoms with Gasteiger partial charge in [0.2, 0.25) is 0 Å². The summed E-state index contributed by atoms with van der Waals surface area (Å²) in [6, 6.07) is 0.557. The molecule has 22 heavy (non-hydrogen) atoms. The van der Waals surface area contributed by atoms with Gasteiger partial charge in [-0.3, -0.25) is 4.79 Å². The summed E-state index contributed by atoms with van der Waals surface area (Å²) in [5.74, 6) is -2.07. The number of hydrogen-bond donors (Lipinski definition) is 3. The van der Waals surface area contributed by atoms with Gasteiger partial charge in [-0.15, -0.1) is 0 Å². The van der Waals surface area contributed by atoms with Crippen LogP contribution < -0.4 is 5.73 Å². The Morgan fingerprint density at radius 1 is 1.27 bits per heavy atom. The molecule has 0 aliphatic rings. The summed E-state index contributed by atoms with van der Waals surface area (Å²) in [6.07, 6.45) is -0.0664. The van der Waals surface area contributed by atoms with Crippen molar-refractivity contribution >= 4 is 11.9 Å². The average molecular weight is 309 g/mol. The lowest BCUT2D eigenvalue weighted by Gasteiger charge is -2.22. The second-order valence-corrected chi connectivity index (χ2v) is 6.36. The van der Waals surface area contributed by atoms with E-state index in [-0.39, 0.29) is 17.7 Å². The lowest BCUT2D eigenvalue weighted by atomic mass is 9.94. The average Bonchev–Trinajstić information content (AvgIpc) is 2.31. The number of rotatable bonds is 4. The summed E-state index contributed by atoms with van der Waals surface area (Å²) < 4.78 is 5.29. The number of carbonyl (C=O) groups is 2. The summed E-state index contributed by atoms with van der Waals surface area (Å²) in [6.45, 7) is 8.61. The Hall–Kier alpha value is -2.08. The van der Waals surface area contributed by atoms with Gasteiger partial charge in [-0.05, 0) is 51.3 Å². The molecule has 0 spiro atoms. The Kier molecular flexibility index (Phi) is 5.19. The monoisotopic (exact) mass is 309 g/mol. The minimum atomic E-state index is -1.17. The molecule has 0 bridgehead atoms. The van der Waals surface area contributed by atoms with Crippen molar-refractivity contribution in [3.63, 3.8) is 0 Å². The number of aromatic hydroxyl groups is 1. The smallest absolute Gasteiger partial charge is 0.342 e. The van der Waals surface area contributed by atoms with Gasteiger partial charge in [-0.1, -0.05) is 6.07 Å². The third kappa shape index (κ3) is 4.21. The third-order valence-corrected chi connectivity index (χ3v) is 3.17. The minimum Gasteiger partial charge on any atom is -0.507 e. The third-order valence-electron chi connectivity index (χ3n) is 3.17. The first-order chi connectivity index (χ1) is 9.94. The normalized spacial score (nSPS) is 12.8. The molecule has 0 fully saturated rings. The second-order valence-electron chi connectivity index (χ2n) is 6.36. The number of aryl methyl sites for hydroxylation is 2. The number of carboxylic acids is 1. The van der Waals surface area contributed by atoms with Gasteiger partial charge in [0.05, 0.1) is 0 Å². The SMILES string of the molecule is Cc1cc(C)c(C(=O)OC(C)(C)C)c(O)c1CC(N)C(=O)O. The van der Waals surface area contributed by atoms with E-state index >= 15 is 0 Å². The van der Waals surface area contributed by atoms with Gasteiger partial charge in [0.1, 0.15) is 23.0 Å². The van der Waals surface area contributed by atoms with Gasteiger partial charge < -0.3 is 20.7 Å². The molecule has 1 unspecified atom stereocenters. The van der Waals surface area contributed by atoms with Crippen LogP contribution in [0.15, 0.2) is 6.07 Å². The maximum atomic E-state index is 12.3. The highest BCUT2D eigenvalue weighted by atomic mass is 16.6. The Balaban J connectivity index is 3.30. The fourth-order valence-electron chi connectivity index (χ4n) is 2.16. The lowest BCUT2D eigenvalue weighted by Crippen LogP contribution is -2.32. The maximum absolute atomic E-state index is 12.3. The van der Waals surface area contributed by atoms with E-state index in [1.54, 1.807) is 40.7 Å². The summed E-state index contributed by atoms with van der Waals surface area (Å²) >= 11 is 0. The molecule has 1 atom stereocenters. The van der Waals surface area contributed by atoms with Crippen LogP contribution in [0.25, 0.3) is 0 Å². The van der Waals surface area contributed by atoms with Crippen LogP contribution in [-0.4, -0.2) is 33.8 Å². The summed E-state index contributed by atoms with van der Waals surface area (Å²) in [7, 11) is 0.